The van der Waals surface area contributed by atoms with Crippen LogP contribution in [0.4, 0.5) is 17.3 Å². The van der Waals surface area contributed by atoms with E-state index >= 15 is 0 Å². The molecule has 4 rings (SSSR count). The molecule has 1 aliphatic carbocycles. The van der Waals surface area contributed by atoms with Gasteiger partial charge in [-0.05, 0) is 38.0 Å². The van der Waals surface area contributed by atoms with Gasteiger partial charge in [0, 0.05) is 49.0 Å². The molecule has 0 spiro atoms. The molecule has 26 heavy (non-hydrogen) atoms. The molecule has 0 atom stereocenters. The van der Waals surface area contributed by atoms with E-state index in [0.717, 1.165) is 48.7 Å². The number of aryl methyl sites for hydroxylation is 1. The van der Waals surface area contributed by atoms with E-state index < -0.39 is 0 Å². The summed E-state index contributed by atoms with van der Waals surface area (Å²) >= 11 is 6.13. The van der Waals surface area contributed by atoms with Crippen LogP contribution in [0.5, 0.6) is 0 Å². The molecule has 1 saturated heterocycles. The van der Waals surface area contributed by atoms with Crippen LogP contribution in [0.3, 0.4) is 0 Å². The number of aromatic nitrogens is 2. The SMILES string of the molecule is Cc1nc(NC2CCCC2)cc(N2CCN(c3cccc(Cl)c3)CC2)n1. The maximum absolute atomic E-state index is 6.13. The highest BCUT2D eigenvalue weighted by molar-refractivity contribution is 6.30. The zero-order valence-corrected chi connectivity index (χ0v) is 16.0. The normalized spacial score (nSPS) is 18.4. The van der Waals surface area contributed by atoms with Gasteiger partial charge in [-0.25, -0.2) is 9.97 Å². The predicted molar refractivity (Wildman–Crippen MR) is 109 cm³/mol. The number of hydrogen-bond donors (Lipinski definition) is 1. The van der Waals surface area contributed by atoms with Crippen molar-refractivity contribution < 1.29 is 0 Å². The van der Waals surface area contributed by atoms with Gasteiger partial charge in [-0.2, -0.15) is 0 Å². The van der Waals surface area contributed by atoms with Crippen LogP contribution >= 0.6 is 11.6 Å². The first-order valence-electron chi connectivity index (χ1n) is 9.55. The molecule has 138 valence electrons. The molecule has 1 aliphatic heterocycles. The number of anilines is 3. The molecule has 1 N–H and O–H groups in total. The Hall–Kier alpha value is -2.01. The number of benzene rings is 1. The molecule has 0 amide bonds. The predicted octanol–water partition coefficient (Wildman–Crippen LogP) is 4.12. The van der Waals surface area contributed by atoms with Gasteiger partial charge in [-0.3, -0.25) is 0 Å². The average Bonchev–Trinajstić information content (AvgIpc) is 3.14. The van der Waals surface area contributed by atoms with Crippen LogP contribution in [0.25, 0.3) is 0 Å². The molecule has 2 aromatic rings. The van der Waals surface area contributed by atoms with Gasteiger partial charge in [-0.15, -0.1) is 0 Å². The van der Waals surface area contributed by atoms with Crippen LogP contribution in [0.1, 0.15) is 31.5 Å². The maximum Gasteiger partial charge on any atom is 0.134 e. The summed E-state index contributed by atoms with van der Waals surface area (Å²) in [5, 5.41) is 4.39. The van der Waals surface area contributed by atoms with Crippen molar-refractivity contribution in [3.63, 3.8) is 0 Å². The number of piperazine rings is 1. The van der Waals surface area contributed by atoms with E-state index in [1.807, 2.05) is 25.1 Å². The molecule has 1 saturated carbocycles. The number of nitrogens with one attached hydrogen (secondary N) is 1. The van der Waals surface area contributed by atoms with E-state index in [9.17, 15) is 0 Å². The third kappa shape index (κ3) is 4.04. The van der Waals surface area contributed by atoms with Crippen molar-refractivity contribution >= 4 is 28.9 Å². The molecule has 0 unspecified atom stereocenters. The smallest absolute Gasteiger partial charge is 0.134 e. The molecular formula is C20H26ClN5. The van der Waals surface area contributed by atoms with Crippen molar-refractivity contribution in [2.45, 2.75) is 38.6 Å². The van der Waals surface area contributed by atoms with Gasteiger partial charge in [0.15, 0.2) is 0 Å². The van der Waals surface area contributed by atoms with Gasteiger partial charge in [-0.1, -0.05) is 30.5 Å². The van der Waals surface area contributed by atoms with E-state index in [1.54, 1.807) is 0 Å². The Kier molecular flexibility index (Phi) is 5.16. The minimum atomic E-state index is 0.567. The van der Waals surface area contributed by atoms with Crippen molar-refractivity contribution in [1.82, 2.24) is 9.97 Å². The zero-order valence-electron chi connectivity index (χ0n) is 15.3. The number of rotatable bonds is 4. The Bertz CT molecular complexity index is 752. The topological polar surface area (TPSA) is 44.3 Å². The number of nitrogens with zero attached hydrogens (tertiary/aromatic N) is 4. The highest BCUT2D eigenvalue weighted by Gasteiger charge is 2.20. The lowest BCUT2D eigenvalue weighted by atomic mass is 10.2. The van der Waals surface area contributed by atoms with E-state index in [-0.39, 0.29) is 0 Å². The van der Waals surface area contributed by atoms with Gasteiger partial charge in [0.1, 0.15) is 17.5 Å². The van der Waals surface area contributed by atoms with Crippen LogP contribution in [0.2, 0.25) is 5.02 Å². The molecule has 1 aromatic carbocycles. The van der Waals surface area contributed by atoms with Crippen molar-refractivity contribution in [3.8, 4) is 0 Å². The van der Waals surface area contributed by atoms with Gasteiger partial charge >= 0.3 is 0 Å². The van der Waals surface area contributed by atoms with Crippen LogP contribution in [0.15, 0.2) is 30.3 Å². The summed E-state index contributed by atoms with van der Waals surface area (Å²) in [5.41, 5.74) is 1.19. The lowest BCUT2D eigenvalue weighted by Gasteiger charge is -2.37. The molecule has 6 heteroatoms. The maximum atomic E-state index is 6.13. The number of halogens is 1. The monoisotopic (exact) mass is 371 g/mol. The first-order chi connectivity index (χ1) is 12.7. The molecular weight excluding hydrogens is 346 g/mol. The Morgan fingerprint density at radius 3 is 2.46 bits per heavy atom. The summed E-state index contributed by atoms with van der Waals surface area (Å²) in [6.07, 6.45) is 5.13. The Morgan fingerprint density at radius 2 is 1.73 bits per heavy atom. The summed E-state index contributed by atoms with van der Waals surface area (Å²) in [5.74, 6) is 2.83. The average molecular weight is 372 g/mol. The second kappa shape index (κ2) is 7.70. The van der Waals surface area contributed by atoms with Crippen LogP contribution < -0.4 is 15.1 Å². The summed E-state index contributed by atoms with van der Waals surface area (Å²) in [6, 6.07) is 10.8. The molecule has 0 radical (unpaired) electrons. The molecule has 0 bridgehead atoms. The fraction of sp³-hybridized carbons (Fsp3) is 0.500. The van der Waals surface area contributed by atoms with Crippen LogP contribution in [0, 0.1) is 6.92 Å². The number of hydrogen-bond acceptors (Lipinski definition) is 5. The molecule has 5 nitrogen and oxygen atoms in total. The Balaban J connectivity index is 1.43. The molecule has 2 heterocycles. The second-order valence-electron chi connectivity index (χ2n) is 7.24. The Labute approximate surface area is 160 Å². The zero-order chi connectivity index (χ0) is 17.9. The van der Waals surface area contributed by atoms with Gasteiger partial charge in [0.25, 0.3) is 0 Å². The molecule has 1 aromatic heterocycles. The third-order valence-electron chi connectivity index (χ3n) is 5.31. The minimum Gasteiger partial charge on any atom is -0.368 e. The van der Waals surface area contributed by atoms with Crippen LogP contribution in [-0.4, -0.2) is 42.2 Å². The van der Waals surface area contributed by atoms with Crippen LogP contribution in [-0.2, 0) is 0 Å². The fourth-order valence-electron chi connectivity index (χ4n) is 3.93. The Morgan fingerprint density at radius 1 is 1.00 bits per heavy atom. The highest BCUT2D eigenvalue weighted by atomic mass is 35.5. The second-order valence-corrected chi connectivity index (χ2v) is 7.67. The van der Waals surface area contributed by atoms with E-state index in [0.29, 0.717) is 6.04 Å². The first-order valence-corrected chi connectivity index (χ1v) is 9.93. The lowest BCUT2D eigenvalue weighted by molar-refractivity contribution is 0.645. The van der Waals surface area contributed by atoms with Crippen molar-refractivity contribution in [1.29, 1.82) is 0 Å². The largest absolute Gasteiger partial charge is 0.368 e. The van der Waals surface area contributed by atoms with Crippen molar-refractivity contribution in [3.05, 3.63) is 41.2 Å². The highest BCUT2D eigenvalue weighted by Crippen LogP contribution is 2.25. The third-order valence-corrected chi connectivity index (χ3v) is 5.54. The molecule has 2 fully saturated rings. The van der Waals surface area contributed by atoms with E-state index in [2.05, 4.69) is 37.2 Å². The standard InChI is InChI=1S/C20H26ClN5/c1-15-22-19(24-17-6-2-3-7-17)14-20(23-15)26-11-9-25(10-12-26)18-8-4-5-16(21)13-18/h4-5,8,13-14,17H,2-3,6-7,9-12H2,1H3,(H,22,23,24). The van der Waals surface area contributed by atoms with E-state index in [1.165, 1.54) is 31.4 Å². The molecule has 2 aliphatic rings. The van der Waals surface area contributed by atoms with Gasteiger partial charge in [0.2, 0.25) is 0 Å². The quantitative estimate of drug-likeness (QED) is 0.875. The first kappa shape index (κ1) is 17.4. The minimum absolute atomic E-state index is 0.567. The summed E-state index contributed by atoms with van der Waals surface area (Å²) in [7, 11) is 0. The summed E-state index contributed by atoms with van der Waals surface area (Å²) in [4.78, 5) is 14.0. The lowest BCUT2D eigenvalue weighted by Crippen LogP contribution is -2.47. The summed E-state index contributed by atoms with van der Waals surface area (Å²) < 4.78 is 0. The fourth-order valence-corrected chi connectivity index (χ4v) is 4.12. The van der Waals surface area contributed by atoms with Crippen molar-refractivity contribution in [2.24, 2.45) is 0 Å². The van der Waals surface area contributed by atoms with Gasteiger partial charge in [0.05, 0.1) is 0 Å². The summed E-state index contributed by atoms with van der Waals surface area (Å²) in [6.45, 7) is 5.81. The van der Waals surface area contributed by atoms with Gasteiger partial charge < -0.3 is 15.1 Å². The van der Waals surface area contributed by atoms with Crippen molar-refractivity contribution in [2.75, 3.05) is 41.3 Å². The van der Waals surface area contributed by atoms with E-state index in [4.69, 9.17) is 11.6 Å².